The highest BCUT2D eigenvalue weighted by molar-refractivity contribution is 5.96. The van der Waals surface area contributed by atoms with Crippen molar-refractivity contribution in [3.05, 3.63) is 24.3 Å². The molecule has 2 fully saturated rings. The minimum absolute atomic E-state index is 0. The summed E-state index contributed by atoms with van der Waals surface area (Å²) in [6, 6.07) is 7.35. The summed E-state index contributed by atoms with van der Waals surface area (Å²) in [6.45, 7) is 2.76. The number of hydrogen-bond acceptors (Lipinski definition) is 4. The van der Waals surface area contributed by atoms with Crippen molar-refractivity contribution in [3.8, 4) is 0 Å². The summed E-state index contributed by atoms with van der Waals surface area (Å²) < 4.78 is 0. The quantitative estimate of drug-likeness (QED) is 0.666. The summed E-state index contributed by atoms with van der Waals surface area (Å²) in [4.78, 5) is 26.3. The molecule has 1 aliphatic carbocycles. The van der Waals surface area contributed by atoms with Crippen LogP contribution < -0.4 is 16.0 Å². The molecule has 1 atom stereocenters. The third-order valence-corrected chi connectivity index (χ3v) is 5.33. The second kappa shape index (κ2) is 10.3. The minimum Gasteiger partial charge on any atom is -0.326 e. The molecule has 1 aliphatic heterocycles. The number of benzene rings is 1. The predicted octanol–water partition coefficient (Wildman–Crippen LogP) is 2.75. The first-order chi connectivity index (χ1) is 12.0. The SMILES string of the molecule is CN(C)CCC(=O)Nc1ccc(NC(=O)C2CC23CCNCC3)cc1.Cl.Cl. The van der Waals surface area contributed by atoms with Crippen molar-refractivity contribution in [2.45, 2.75) is 25.7 Å². The fourth-order valence-electron chi connectivity index (χ4n) is 3.61. The molecule has 1 heterocycles. The van der Waals surface area contributed by atoms with E-state index in [4.69, 9.17) is 0 Å². The molecule has 6 nitrogen and oxygen atoms in total. The Balaban J connectivity index is 0.00000182. The van der Waals surface area contributed by atoms with Crippen molar-refractivity contribution in [1.29, 1.82) is 0 Å². The van der Waals surface area contributed by atoms with Crippen LogP contribution in [-0.2, 0) is 9.59 Å². The first kappa shape index (κ1) is 23.7. The maximum atomic E-state index is 12.5. The maximum Gasteiger partial charge on any atom is 0.228 e. The normalized spacial score (nSPS) is 19.6. The molecular weight excluding hydrogens is 387 g/mol. The second-order valence-electron chi connectivity index (χ2n) is 7.54. The Morgan fingerprint density at radius 2 is 1.63 bits per heavy atom. The minimum atomic E-state index is -0.00341. The van der Waals surface area contributed by atoms with Crippen molar-refractivity contribution in [3.63, 3.8) is 0 Å². The van der Waals surface area contributed by atoms with E-state index in [1.807, 2.05) is 43.3 Å². The molecule has 1 aromatic rings. The molecule has 2 aliphatic rings. The van der Waals surface area contributed by atoms with Crippen LogP contribution in [0.4, 0.5) is 11.4 Å². The number of anilines is 2. The van der Waals surface area contributed by atoms with Gasteiger partial charge in [0.2, 0.25) is 11.8 Å². The number of hydrogen-bond donors (Lipinski definition) is 3. The van der Waals surface area contributed by atoms with E-state index in [9.17, 15) is 9.59 Å². The van der Waals surface area contributed by atoms with Gasteiger partial charge in [-0.2, -0.15) is 0 Å². The summed E-state index contributed by atoms with van der Waals surface area (Å²) in [5, 5.41) is 9.25. The van der Waals surface area contributed by atoms with Crippen LogP contribution in [0.2, 0.25) is 0 Å². The molecule has 27 heavy (non-hydrogen) atoms. The summed E-state index contributed by atoms with van der Waals surface area (Å²) in [6.07, 6.45) is 3.68. The zero-order chi connectivity index (χ0) is 17.9. The molecule has 3 N–H and O–H groups in total. The van der Waals surface area contributed by atoms with Gasteiger partial charge in [0.1, 0.15) is 0 Å². The molecule has 0 bridgehead atoms. The molecule has 1 saturated heterocycles. The lowest BCUT2D eigenvalue weighted by atomic mass is 9.92. The first-order valence-corrected chi connectivity index (χ1v) is 9.05. The van der Waals surface area contributed by atoms with Crippen LogP contribution in [0.15, 0.2) is 24.3 Å². The van der Waals surface area contributed by atoms with E-state index >= 15 is 0 Å². The lowest BCUT2D eigenvalue weighted by molar-refractivity contribution is -0.118. The zero-order valence-corrected chi connectivity index (χ0v) is 17.5. The van der Waals surface area contributed by atoms with Gasteiger partial charge in [-0.3, -0.25) is 9.59 Å². The van der Waals surface area contributed by atoms with Crippen molar-refractivity contribution in [2.75, 3.05) is 44.4 Å². The van der Waals surface area contributed by atoms with E-state index in [0.717, 1.165) is 50.3 Å². The number of amides is 2. The van der Waals surface area contributed by atoms with Gasteiger partial charge in [-0.05, 0) is 76.1 Å². The molecule has 0 aromatic heterocycles. The molecule has 3 rings (SSSR count). The number of nitrogens with one attached hydrogen (secondary N) is 3. The number of nitrogens with zero attached hydrogens (tertiary/aromatic N) is 1. The van der Waals surface area contributed by atoms with Crippen LogP contribution in [0.1, 0.15) is 25.7 Å². The van der Waals surface area contributed by atoms with Crippen LogP contribution in [-0.4, -0.2) is 50.4 Å². The number of piperidine rings is 1. The molecule has 1 saturated carbocycles. The van der Waals surface area contributed by atoms with E-state index in [2.05, 4.69) is 16.0 Å². The highest BCUT2D eigenvalue weighted by atomic mass is 35.5. The van der Waals surface area contributed by atoms with E-state index in [1.165, 1.54) is 0 Å². The Hall–Kier alpha value is -1.34. The lowest BCUT2D eigenvalue weighted by Crippen LogP contribution is -2.31. The number of halogens is 2. The third-order valence-electron chi connectivity index (χ3n) is 5.33. The summed E-state index contributed by atoms with van der Waals surface area (Å²) >= 11 is 0. The lowest BCUT2D eigenvalue weighted by Gasteiger charge is -2.23. The Kier molecular flexibility index (Phi) is 9.02. The average molecular weight is 417 g/mol. The molecule has 152 valence electrons. The van der Waals surface area contributed by atoms with Crippen LogP contribution in [0, 0.1) is 11.3 Å². The van der Waals surface area contributed by atoms with Gasteiger partial charge < -0.3 is 20.9 Å². The largest absolute Gasteiger partial charge is 0.326 e. The van der Waals surface area contributed by atoms with Gasteiger partial charge in [0.25, 0.3) is 0 Å². The summed E-state index contributed by atoms with van der Waals surface area (Å²) in [5.74, 6) is 0.279. The van der Waals surface area contributed by atoms with Crippen molar-refractivity contribution in [2.24, 2.45) is 11.3 Å². The van der Waals surface area contributed by atoms with Crippen LogP contribution in [0.3, 0.4) is 0 Å². The molecule has 8 heteroatoms. The van der Waals surface area contributed by atoms with Crippen molar-refractivity contribution >= 4 is 48.0 Å². The molecule has 1 aromatic carbocycles. The highest BCUT2D eigenvalue weighted by Crippen LogP contribution is 2.58. The van der Waals surface area contributed by atoms with E-state index in [-0.39, 0.29) is 48.0 Å². The van der Waals surface area contributed by atoms with Crippen LogP contribution in [0.25, 0.3) is 0 Å². The Morgan fingerprint density at radius 1 is 1.07 bits per heavy atom. The van der Waals surface area contributed by atoms with Gasteiger partial charge in [-0.1, -0.05) is 0 Å². The molecule has 0 radical (unpaired) electrons. The molecule has 1 unspecified atom stereocenters. The maximum absolute atomic E-state index is 12.5. The van der Waals surface area contributed by atoms with E-state index in [1.54, 1.807) is 0 Å². The standard InChI is InChI=1S/C19H28N4O2.2ClH/c1-23(2)12-7-17(24)21-14-3-5-15(6-4-14)22-18(25)16-13-19(16)8-10-20-11-9-19;;/h3-6,16,20H,7-13H2,1-2H3,(H,21,24)(H,22,25);2*1H. The summed E-state index contributed by atoms with van der Waals surface area (Å²) in [5.41, 5.74) is 1.78. The fourth-order valence-corrected chi connectivity index (χ4v) is 3.61. The highest BCUT2D eigenvalue weighted by Gasteiger charge is 2.57. The number of carbonyl (C=O) groups is 2. The smallest absolute Gasteiger partial charge is 0.228 e. The van der Waals surface area contributed by atoms with Gasteiger partial charge in [0, 0.05) is 30.3 Å². The van der Waals surface area contributed by atoms with Crippen molar-refractivity contribution in [1.82, 2.24) is 10.2 Å². The van der Waals surface area contributed by atoms with Crippen LogP contribution >= 0.6 is 24.8 Å². The van der Waals surface area contributed by atoms with Gasteiger partial charge >= 0.3 is 0 Å². The second-order valence-corrected chi connectivity index (χ2v) is 7.54. The van der Waals surface area contributed by atoms with Crippen molar-refractivity contribution < 1.29 is 9.59 Å². The molecule has 1 spiro atoms. The molecular formula is C19H30Cl2N4O2. The summed E-state index contributed by atoms with van der Waals surface area (Å²) in [7, 11) is 3.89. The number of rotatable bonds is 6. The van der Waals surface area contributed by atoms with E-state index in [0.29, 0.717) is 6.42 Å². The molecule has 2 amide bonds. The monoisotopic (exact) mass is 416 g/mol. The third kappa shape index (κ3) is 6.35. The van der Waals surface area contributed by atoms with Gasteiger partial charge in [-0.15, -0.1) is 24.8 Å². The van der Waals surface area contributed by atoms with E-state index < -0.39 is 0 Å². The average Bonchev–Trinajstić information content (AvgIpc) is 3.28. The van der Waals surface area contributed by atoms with Gasteiger partial charge in [0.05, 0.1) is 0 Å². The Bertz CT molecular complexity index is 631. The zero-order valence-electron chi connectivity index (χ0n) is 15.9. The topological polar surface area (TPSA) is 73.5 Å². The van der Waals surface area contributed by atoms with Gasteiger partial charge in [-0.25, -0.2) is 0 Å². The first-order valence-electron chi connectivity index (χ1n) is 9.05. The predicted molar refractivity (Wildman–Crippen MR) is 114 cm³/mol. The van der Waals surface area contributed by atoms with Crippen LogP contribution in [0.5, 0.6) is 0 Å². The van der Waals surface area contributed by atoms with Gasteiger partial charge in [0.15, 0.2) is 0 Å². The number of carbonyl (C=O) groups excluding carboxylic acids is 2. The fraction of sp³-hybridized carbons (Fsp3) is 0.579. The Morgan fingerprint density at radius 3 is 2.19 bits per heavy atom. The Labute approximate surface area is 173 Å².